The van der Waals surface area contributed by atoms with Crippen LogP contribution in [0.5, 0.6) is 0 Å². The first-order valence-electron chi connectivity index (χ1n) is 5.41. The molecule has 1 aliphatic heterocycles. The fourth-order valence-electron chi connectivity index (χ4n) is 2.57. The van der Waals surface area contributed by atoms with Gasteiger partial charge in [-0.15, -0.1) is 0 Å². The lowest BCUT2D eigenvalue weighted by atomic mass is 10.0. The van der Waals surface area contributed by atoms with Crippen LogP contribution in [0.25, 0.3) is 0 Å². The first-order chi connectivity index (χ1) is 6.07. The second-order valence-electron chi connectivity index (χ2n) is 4.74. The molecule has 1 nitrogen and oxygen atoms in total. The summed E-state index contributed by atoms with van der Waals surface area (Å²) in [4.78, 5) is 2.37. The third-order valence-corrected chi connectivity index (χ3v) is 3.14. The molecule has 78 valence electrons. The molecule has 1 aliphatic rings. The van der Waals surface area contributed by atoms with Crippen LogP contribution in [0.15, 0.2) is 0 Å². The minimum absolute atomic E-state index is 0.179. The van der Waals surface area contributed by atoms with Crippen molar-refractivity contribution in [3.05, 3.63) is 0 Å². The summed E-state index contributed by atoms with van der Waals surface area (Å²) >= 11 is 0. The van der Waals surface area contributed by atoms with E-state index in [1.807, 2.05) is 0 Å². The maximum atomic E-state index is 12.7. The second-order valence-corrected chi connectivity index (χ2v) is 4.74. The number of hydrogen-bond donors (Lipinski definition) is 0. The van der Waals surface area contributed by atoms with Gasteiger partial charge in [-0.25, -0.2) is 4.39 Å². The predicted molar refractivity (Wildman–Crippen MR) is 54.6 cm³/mol. The minimum atomic E-state index is -0.179. The van der Waals surface area contributed by atoms with Crippen molar-refractivity contribution < 1.29 is 4.39 Å². The van der Waals surface area contributed by atoms with Gasteiger partial charge in [0.1, 0.15) is 6.67 Å². The van der Waals surface area contributed by atoms with Crippen molar-refractivity contribution in [2.75, 3.05) is 6.67 Å². The van der Waals surface area contributed by atoms with Crippen LogP contribution in [0.1, 0.15) is 40.5 Å². The Bertz CT molecular complexity index is 156. The number of hydrogen-bond acceptors (Lipinski definition) is 1. The SMILES string of the molecule is CC(C)C1CCC(CF)N1C(C)C. The molecule has 2 heteroatoms. The first kappa shape index (κ1) is 11.0. The average Bonchev–Trinajstić information content (AvgIpc) is 2.46. The fourth-order valence-corrected chi connectivity index (χ4v) is 2.57. The normalized spacial score (nSPS) is 30.7. The Morgan fingerprint density at radius 2 is 1.85 bits per heavy atom. The monoisotopic (exact) mass is 187 g/mol. The molecule has 1 fully saturated rings. The van der Waals surface area contributed by atoms with Crippen LogP contribution < -0.4 is 0 Å². The van der Waals surface area contributed by atoms with Crippen LogP contribution in [0, 0.1) is 5.92 Å². The second kappa shape index (κ2) is 4.41. The summed E-state index contributed by atoms with van der Waals surface area (Å²) in [6.07, 6.45) is 2.21. The van der Waals surface area contributed by atoms with E-state index < -0.39 is 0 Å². The van der Waals surface area contributed by atoms with E-state index in [4.69, 9.17) is 0 Å². The van der Waals surface area contributed by atoms with Crippen molar-refractivity contribution in [2.24, 2.45) is 5.92 Å². The predicted octanol–water partition coefficient (Wildman–Crippen LogP) is 2.85. The van der Waals surface area contributed by atoms with Crippen molar-refractivity contribution >= 4 is 0 Å². The Morgan fingerprint density at radius 1 is 1.23 bits per heavy atom. The van der Waals surface area contributed by atoms with Crippen LogP contribution in [0.3, 0.4) is 0 Å². The molecule has 0 amide bonds. The highest BCUT2D eigenvalue weighted by molar-refractivity contribution is 4.90. The number of rotatable bonds is 3. The van der Waals surface area contributed by atoms with Gasteiger partial charge in [-0.3, -0.25) is 4.90 Å². The topological polar surface area (TPSA) is 3.24 Å². The van der Waals surface area contributed by atoms with Crippen molar-refractivity contribution in [1.82, 2.24) is 4.90 Å². The molecule has 1 saturated heterocycles. The largest absolute Gasteiger partial charge is 0.292 e. The summed E-state index contributed by atoms with van der Waals surface area (Å²) in [7, 11) is 0. The van der Waals surface area contributed by atoms with Gasteiger partial charge in [0.25, 0.3) is 0 Å². The Morgan fingerprint density at radius 3 is 2.23 bits per heavy atom. The molecule has 0 N–H and O–H groups in total. The number of nitrogens with zero attached hydrogens (tertiary/aromatic N) is 1. The van der Waals surface area contributed by atoms with Gasteiger partial charge in [-0.2, -0.15) is 0 Å². The van der Waals surface area contributed by atoms with Crippen molar-refractivity contribution in [1.29, 1.82) is 0 Å². The van der Waals surface area contributed by atoms with Gasteiger partial charge in [0, 0.05) is 18.1 Å². The Kier molecular flexibility index (Phi) is 3.72. The molecule has 0 spiro atoms. The molecule has 0 aliphatic carbocycles. The molecule has 1 rings (SSSR count). The lowest BCUT2D eigenvalue weighted by molar-refractivity contribution is 0.104. The van der Waals surface area contributed by atoms with Gasteiger partial charge < -0.3 is 0 Å². The fraction of sp³-hybridized carbons (Fsp3) is 1.00. The number of likely N-dealkylation sites (tertiary alicyclic amines) is 1. The van der Waals surface area contributed by atoms with E-state index in [0.717, 1.165) is 6.42 Å². The highest BCUT2D eigenvalue weighted by Crippen LogP contribution is 2.31. The van der Waals surface area contributed by atoms with Crippen molar-refractivity contribution in [3.8, 4) is 0 Å². The summed E-state index contributed by atoms with van der Waals surface area (Å²) in [6.45, 7) is 8.63. The van der Waals surface area contributed by atoms with Crippen LogP contribution in [-0.4, -0.2) is 29.7 Å². The average molecular weight is 187 g/mol. The van der Waals surface area contributed by atoms with E-state index in [1.54, 1.807) is 0 Å². The molecule has 0 aromatic carbocycles. The third kappa shape index (κ3) is 2.22. The van der Waals surface area contributed by atoms with Crippen LogP contribution in [0.4, 0.5) is 4.39 Å². The number of alkyl halides is 1. The zero-order valence-corrected chi connectivity index (χ0v) is 9.26. The van der Waals surface area contributed by atoms with E-state index >= 15 is 0 Å². The highest BCUT2D eigenvalue weighted by atomic mass is 19.1. The molecule has 1 heterocycles. The summed E-state index contributed by atoms with van der Waals surface area (Å²) in [5.74, 6) is 0.652. The smallest absolute Gasteiger partial charge is 0.105 e. The van der Waals surface area contributed by atoms with Gasteiger partial charge >= 0.3 is 0 Å². The molecule has 2 atom stereocenters. The van der Waals surface area contributed by atoms with E-state index in [-0.39, 0.29) is 12.7 Å². The molecule has 13 heavy (non-hydrogen) atoms. The van der Waals surface area contributed by atoms with Crippen LogP contribution >= 0.6 is 0 Å². The van der Waals surface area contributed by atoms with E-state index in [0.29, 0.717) is 18.0 Å². The van der Waals surface area contributed by atoms with Gasteiger partial charge in [0.05, 0.1) is 0 Å². The Labute approximate surface area is 81.3 Å². The first-order valence-corrected chi connectivity index (χ1v) is 5.41. The summed E-state index contributed by atoms with van der Waals surface area (Å²) < 4.78 is 12.7. The molecule has 0 bridgehead atoms. The van der Waals surface area contributed by atoms with Crippen LogP contribution in [0.2, 0.25) is 0 Å². The molecular weight excluding hydrogens is 165 g/mol. The number of halogens is 1. The molecule has 0 saturated carbocycles. The summed E-state index contributed by atoms with van der Waals surface area (Å²) in [5.41, 5.74) is 0. The summed E-state index contributed by atoms with van der Waals surface area (Å²) in [6, 6.07) is 1.27. The lowest BCUT2D eigenvalue weighted by Crippen LogP contribution is -2.44. The molecule has 2 unspecified atom stereocenters. The minimum Gasteiger partial charge on any atom is -0.292 e. The molecule has 0 aromatic heterocycles. The van der Waals surface area contributed by atoms with Crippen molar-refractivity contribution in [3.63, 3.8) is 0 Å². The Balaban J connectivity index is 2.67. The van der Waals surface area contributed by atoms with E-state index in [2.05, 4.69) is 32.6 Å². The van der Waals surface area contributed by atoms with E-state index in [9.17, 15) is 4.39 Å². The Hall–Kier alpha value is -0.110. The van der Waals surface area contributed by atoms with Gasteiger partial charge in [-0.1, -0.05) is 13.8 Å². The summed E-state index contributed by atoms with van der Waals surface area (Å²) in [5, 5.41) is 0. The maximum absolute atomic E-state index is 12.7. The van der Waals surface area contributed by atoms with Gasteiger partial charge in [0.2, 0.25) is 0 Å². The lowest BCUT2D eigenvalue weighted by Gasteiger charge is -2.34. The van der Waals surface area contributed by atoms with Gasteiger partial charge in [0.15, 0.2) is 0 Å². The van der Waals surface area contributed by atoms with Crippen molar-refractivity contribution in [2.45, 2.75) is 58.7 Å². The highest BCUT2D eigenvalue weighted by Gasteiger charge is 2.36. The quantitative estimate of drug-likeness (QED) is 0.656. The third-order valence-electron chi connectivity index (χ3n) is 3.14. The zero-order valence-electron chi connectivity index (χ0n) is 9.26. The zero-order chi connectivity index (χ0) is 10.0. The van der Waals surface area contributed by atoms with Crippen LogP contribution in [-0.2, 0) is 0 Å². The van der Waals surface area contributed by atoms with Gasteiger partial charge in [-0.05, 0) is 32.6 Å². The standard InChI is InChI=1S/C11H22FN/c1-8(2)11-6-5-10(7-12)13(11)9(3)4/h8-11H,5-7H2,1-4H3. The maximum Gasteiger partial charge on any atom is 0.105 e. The molecule has 0 radical (unpaired) electrons. The molecule has 0 aromatic rings. The molecular formula is C11H22FN. The van der Waals surface area contributed by atoms with E-state index in [1.165, 1.54) is 6.42 Å².